The first kappa shape index (κ1) is 23.0. The third-order valence-electron chi connectivity index (χ3n) is 7.55. The molecule has 0 unspecified atom stereocenters. The topological polar surface area (TPSA) is 79.0 Å². The van der Waals surface area contributed by atoms with Crippen molar-refractivity contribution < 1.29 is 19.1 Å². The number of amides is 3. The molecule has 0 aliphatic carbocycles. The Hall–Kier alpha value is -4.39. The highest BCUT2D eigenvalue weighted by Gasteiger charge is 2.64. The lowest BCUT2D eigenvalue weighted by Gasteiger charge is -2.35. The summed E-state index contributed by atoms with van der Waals surface area (Å²) in [7, 11) is 1.58. The maximum atomic E-state index is 14.0. The van der Waals surface area contributed by atoms with Crippen molar-refractivity contribution in [3.63, 3.8) is 0 Å². The number of nitrogens with one attached hydrogen (secondary N) is 1. The van der Waals surface area contributed by atoms with Crippen molar-refractivity contribution in [3.8, 4) is 5.75 Å². The summed E-state index contributed by atoms with van der Waals surface area (Å²) >= 11 is 0. The Kier molecular flexibility index (Phi) is 5.37. The molecule has 186 valence electrons. The third-order valence-corrected chi connectivity index (χ3v) is 7.55. The number of hydrogen-bond acceptors (Lipinski definition) is 5. The van der Waals surface area contributed by atoms with E-state index in [1.807, 2.05) is 73.5 Å². The van der Waals surface area contributed by atoms with Gasteiger partial charge in [-0.3, -0.25) is 14.4 Å². The maximum Gasteiger partial charge on any atom is 0.247 e. The fourth-order valence-electron chi connectivity index (χ4n) is 6.08. The van der Waals surface area contributed by atoms with Gasteiger partial charge < -0.3 is 15.0 Å². The molecule has 6 rings (SSSR count). The molecule has 0 bridgehead atoms. The molecule has 0 spiro atoms. The van der Waals surface area contributed by atoms with Crippen LogP contribution in [0.3, 0.4) is 0 Å². The number of benzene rings is 3. The molecule has 4 atom stereocenters. The molecule has 1 N–H and O–H groups in total. The van der Waals surface area contributed by atoms with E-state index >= 15 is 0 Å². The zero-order chi connectivity index (χ0) is 25.8. The fraction of sp³-hybridized carbons (Fsp3) is 0.233. The van der Waals surface area contributed by atoms with E-state index in [2.05, 4.69) is 5.32 Å². The van der Waals surface area contributed by atoms with Crippen LogP contribution < -0.4 is 15.0 Å². The lowest BCUT2D eigenvalue weighted by molar-refractivity contribution is -0.128. The summed E-state index contributed by atoms with van der Waals surface area (Å²) < 4.78 is 5.21. The van der Waals surface area contributed by atoms with Gasteiger partial charge in [0.05, 0.1) is 30.7 Å². The van der Waals surface area contributed by atoms with E-state index in [1.165, 1.54) is 4.90 Å². The second-order valence-electron chi connectivity index (χ2n) is 9.91. The summed E-state index contributed by atoms with van der Waals surface area (Å²) in [5, 5.41) is 2.96. The lowest BCUT2D eigenvalue weighted by atomic mass is 9.84. The minimum Gasteiger partial charge on any atom is -0.497 e. The van der Waals surface area contributed by atoms with Crippen molar-refractivity contribution in [2.24, 2.45) is 11.8 Å². The standard InChI is InChI=1S/C30H27N3O4/c1-17-14-18(2)16-21(15-17)33-29(35)24-25(30(33)36)27(28(34)31-20-8-10-22(37-3)11-9-20)32-13-12-19-6-4-5-7-23(19)26(24)32/h4-16,24-27H,1-3H3,(H,31,34)/t24-,25+,26+,27-/m0/s1. The van der Waals surface area contributed by atoms with Crippen molar-refractivity contribution in [1.29, 1.82) is 0 Å². The number of imide groups is 1. The molecule has 3 aliphatic heterocycles. The predicted molar refractivity (Wildman–Crippen MR) is 141 cm³/mol. The molecular formula is C30H27N3O4. The number of ether oxygens (including phenoxy) is 1. The number of anilines is 2. The zero-order valence-corrected chi connectivity index (χ0v) is 20.8. The first-order valence-electron chi connectivity index (χ1n) is 12.3. The normalized spacial score (nSPS) is 23.5. The van der Waals surface area contributed by atoms with Crippen LogP contribution in [0, 0.1) is 25.7 Å². The minimum absolute atomic E-state index is 0.264. The Morgan fingerprint density at radius 1 is 0.892 bits per heavy atom. The molecule has 3 aromatic carbocycles. The van der Waals surface area contributed by atoms with E-state index in [0.717, 1.165) is 22.3 Å². The van der Waals surface area contributed by atoms with E-state index in [4.69, 9.17) is 4.74 Å². The van der Waals surface area contributed by atoms with Crippen LogP contribution in [0.25, 0.3) is 6.08 Å². The average Bonchev–Trinajstić information content (AvgIpc) is 3.36. The molecule has 7 nitrogen and oxygen atoms in total. The van der Waals surface area contributed by atoms with Crippen molar-refractivity contribution in [1.82, 2.24) is 4.90 Å². The Morgan fingerprint density at radius 3 is 2.27 bits per heavy atom. The van der Waals surface area contributed by atoms with E-state index in [1.54, 1.807) is 31.4 Å². The monoisotopic (exact) mass is 493 g/mol. The number of nitrogens with zero attached hydrogens (tertiary/aromatic N) is 2. The summed E-state index contributed by atoms with van der Waals surface area (Å²) in [5.74, 6) is -1.74. The number of hydrogen-bond donors (Lipinski definition) is 1. The fourth-order valence-corrected chi connectivity index (χ4v) is 6.08. The Morgan fingerprint density at radius 2 is 1.57 bits per heavy atom. The van der Waals surface area contributed by atoms with Crippen LogP contribution >= 0.6 is 0 Å². The number of methoxy groups -OCH3 is 1. The van der Waals surface area contributed by atoms with Gasteiger partial charge in [0.1, 0.15) is 11.8 Å². The van der Waals surface area contributed by atoms with E-state index in [0.29, 0.717) is 17.1 Å². The average molecular weight is 494 g/mol. The largest absolute Gasteiger partial charge is 0.497 e. The van der Waals surface area contributed by atoms with E-state index in [9.17, 15) is 14.4 Å². The van der Waals surface area contributed by atoms with Gasteiger partial charge in [-0.05, 0) is 78.6 Å². The van der Waals surface area contributed by atoms with Crippen LogP contribution in [0.2, 0.25) is 0 Å². The van der Waals surface area contributed by atoms with Gasteiger partial charge in [0.2, 0.25) is 17.7 Å². The van der Waals surface area contributed by atoms with Gasteiger partial charge in [-0.25, -0.2) is 4.90 Å². The second-order valence-corrected chi connectivity index (χ2v) is 9.91. The van der Waals surface area contributed by atoms with E-state index < -0.39 is 23.9 Å². The number of aryl methyl sites for hydroxylation is 2. The summed E-state index contributed by atoms with van der Waals surface area (Å²) in [6, 6.07) is 19.3. The van der Waals surface area contributed by atoms with Crippen LogP contribution in [0.1, 0.15) is 28.3 Å². The highest BCUT2D eigenvalue weighted by atomic mass is 16.5. The number of fused-ring (bicyclic) bond motifs is 5. The first-order valence-corrected chi connectivity index (χ1v) is 12.3. The Balaban J connectivity index is 1.43. The van der Waals surface area contributed by atoms with Crippen LogP contribution in [-0.4, -0.2) is 35.8 Å². The molecule has 3 heterocycles. The lowest BCUT2D eigenvalue weighted by Crippen LogP contribution is -2.46. The van der Waals surface area contributed by atoms with Gasteiger partial charge in [-0.2, -0.15) is 0 Å². The van der Waals surface area contributed by atoms with Crippen molar-refractivity contribution in [3.05, 3.63) is 95.2 Å². The Labute approximate surface area is 215 Å². The first-order chi connectivity index (χ1) is 17.9. The van der Waals surface area contributed by atoms with Crippen molar-refractivity contribution in [2.75, 3.05) is 17.3 Å². The molecule has 7 heteroatoms. The molecule has 2 saturated heterocycles. The SMILES string of the molecule is COc1ccc(NC(=O)[C@@H]2[C@@H]3C(=O)N(c4cc(C)cc(C)c4)C(=O)[C@@H]3[C@H]3c4ccccc4C=CN23)cc1. The van der Waals surface area contributed by atoms with Crippen LogP contribution in [0.5, 0.6) is 5.75 Å². The zero-order valence-electron chi connectivity index (χ0n) is 20.8. The predicted octanol–water partition coefficient (Wildman–Crippen LogP) is 4.47. The van der Waals surface area contributed by atoms with Gasteiger partial charge >= 0.3 is 0 Å². The van der Waals surface area contributed by atoms with Crippen molar-refractivity contribution >= 4 is 35.2 Å². The molecule has 37 heavy (non-hydrogen) atoms. The van der Waals surface area contributed by atoms with Crippen LogP contribution in [0.4, 0.5) is 11.4 Å². The molecule has 0 radical (unpaired) electrons. The van der Waals surface area contributed by atoms with Crippen LogP contribution in [-0.2, 0) is 14.4 Å². The summed E-state index contributed by atoms with van der Waals surface area (Å²) in [6.45, 7) is 3.88. The minimum atomic E-state index is -0.839. The highest BCUT2D eigenvalue weighted by Crippen LogP contribution is 2.53. The van der Waals surface area contributed by atoms with Gasteiger partial charge in [0, 0.05) is 11.9 Å². The summed E-state index contributed by atoms with van der Waals surface area (Å²) in [6.07, 6.45) is 3.79. The molecule has 3 aliphatic rings. The number of rotatable bonds is 4. The van der Waals surface area contributed by atoms with Gasteiger partial charge in [0.25, 0.3) is 0 Å². The third kappa shape index (κ3) is 3.61. The molecule has 0 saturated carbocycles. The Bertz CT molecular complexity index is 1440. The van der Waals surface area contributed by atoms with Crippen LogP contribution in [0.15, 0.2) is 72.9 Å². The molecule has 3 amide bonds. The summed E-state index contributed by atoms with van der Waals surface area (Å²) in [5.41, 5.74) is 5.02. The van der Waals surface area contributed by atoms with Gasteiger partial charge in [-0.15, -0.1) is 0 Å². The van der Waals surface area contributed by atoms with E-state index in [-0.39, 0.29) is 17.7 Å². The molecule has 3 aromatic rings. The maximum absolute atomic E-state index is 14.0. The second kappa shape index (κ2) is 8.62. The molecular weight excluding hydrogens is 466 g/mol. The molecule has 2 fully saturated rings. The highest BCUT2D eigenvalue weighted by molar-refractivity contribution is 6.24. The smallest absolute Gasteiger partial charge is 0.247 e. The molecule has 0 aromatic heterocycles. The number of carbonyl (C=O) groups excluding carboxylic acids is 3. The van der Waals surface area contributed by atoms with Gasteiger partial charge in [0.15, 0.2) is 0 Å². The summed E-state index contributed by atoms with van der Waals surface area (Å²) in [4.78, 5) is 44.9. The number of carbonyl (C=O) groups is 3. The van der Waals surface area contributed by atoms with Crippen molar-refractivity contribution in [2.45, 2.75) is 25.9 Å². The quantitative estimate of drug-likeness (QED) is 0.543. The van der Waals surface area contributed by atoms with Gasteiger partial charge in [-0.1, -0.05) is 30.3 Å².